The topological polar surface area (TPSA) is 47.3 Å². The molecule has 0 bridgehead atoms. The highest BCUT2D eigenvalue weighted by Gasteiger charge is 2.11. The second kappa shape index (κ2) is 6.78. The van der Waals surface area contributed by atoms with Gasteiger partial charge in [-0.15, -0.1) is 0 Å². The third kappa shape index (κ3) is 6.64. The van der Waals surface area contributed by atoms with E-state index < -0.39 is 0 Å². The summed E-state index contributed by atoms with van der Waals surface area (Å²) in [5, 5.41) is 3.32. The fourth-order valence-electron chi connectivity index (χ4n) is 1.37. The summed E-state index contributed by atoms with van der Waals surface area (Å²) >= 11 is 0. The minimum absolute atomic E-state index is 0.272. The fraction of sp³-hybridized carbons (Fsp3) is 0.786. The van der Waals surface area contributed by atoms with Gasteiger partial charge in [-0.2, -0.15) is 4.98 Å². The van der Waals surface area contributed by atoms with Crippen molar-refractivity contribution in [3.63, 3.8) is 0 Å². The normalized spacial score (nSPS) is 12.1. The van der Waals surface area contributed by atoms with Crippen molar-refractivity contribution in [1.29, 1.82) is 0 Å². The van der Waals surface area contributed by atoms with Crippen molar-refractivity contribution in [3.8, 4) is 6.08 Å². The molecule has 0 aliphatic carbocycles. The zero-order valence-electron chi connectivity index (χ0n) is 12.2. The smallest absolute Gasteiger partial charge is 0.393 e. The van der Waals surface area contributed by atoms with Gasteiger partial charge in [-0.3, -0.25) is 0 Å². The van der Waals surface area contributed by atoms with E-state index in [-0.39, 0.29) is 5.41 Å². The first-order valence-corrected chi connectivity index (χ1v) is 6.65. The zero-order chi connectivity index (χ0) is 13.6. The molecule has 4 nitrogen and oxygen atoms in total. The molecule has 1 rings (SSSR count). The van der Waals surface area contributed by atoms with Crippen molar-refractivity contribution in [3.05, 3.63) is 12.0 Å². The highest BCUT2D eigenvalue weighted by molar-refractivity contribution is 4.99. The molecule has 0 aromatic carbocycles. The lowest BCUT2D eigenvalue weighted by molar-refractivity contribution is 0.191. The van der Waals surface area contributed by atoms with Crippen LogP contribution in [0, 0.1) is 11.3 Å². The summed E-state index contributed by atoms with van der Waals surface area (Å²) in [4.78, 5) is 4.28. The molecule has 1 aromatic rings. The van der Waals surface area contributed by atoms with Gasteiger partial charge in [0.05, 0.1) is 12.3 Å². The molecule has 0 atom stereocenters. The monoisotopic (exact) mass is 254 g/mol. The number of ether oxygens (including phenoxy) is 1. The third-order valence-electron chi connectivity index (χ3n) is 2.47. The van der Waals surface area contributed by atoms with Gasteiger partial charge in [-0.05, 0) is 24.3 Å². The van der Waals surface area contributed by atoms with E-state index in [9.17, 15) is 0 Å². The number of aromatic nitrogens is 1. The van der Waals surface area contributed by atoms with Crippen LogP contribution in [-0.4, -0.2) is 18.1 Å². The maximum Gasteiger partial charge on any atom is 0.393 e. The molecule has 0 aliphatic heterocycles. The van der Waals surface area contributed by atoms with Crippen LogP contribution in [0.15, 0.2) is 10.7 Å². The first-order valence-electron chi connectivity index (χ1n) is 6.65. The van der Waals surface area contributed by atoms with Gasteiger partial charge in [-0.1, -0.05) is 34.6 Å². The van der Waals surface area contributed by atoms with E-state index >= 15 is 0 Å². The molecule has 0 saturated heterocycles. The number of nitrogens with one attached hydrogen (secondary N) is 1. The number of rotatable bonds is 7. The van der Waals surface area contributed by atoms with Gasteiger partial charge in [0.2, 0.25) is 0 Å². The summed E-state index contributed by atoms with van der Waals surface area (Å²) in [6.45, 7) is 13.3. The second-order valence-electron chi connectivity index (χ2n) is 6.29. The Labute approximate surface area is 110 Å². The van der Waals surface area contributed by atoms with Crippen molar-refractivity contribution in [1.82, 2.24) is 10.3 Å². The first kappa shape index (κ1) is 15.0. The molecule has 0 unspecified atom stereocenters. The molecule has 18 heavy (non-hydrogen) atoms. The zero-order valence-corrected chi connectivity index (χ0v) is 12.2. The van der Waals surface area contributed by atoms with Crippen LogP contribution in [0.2, 0.25) is 0 Å². The van der Waals surface area contributed by atoms with E-state index in [2.05, 4.69) is 44.9 Å². The maximum atomic E-state index is 5.48. The van der Waals surface area contributed by atoms with Crippen LogP contribution in [0.25, 0.3) is 0 Å². The Morgan fingerprint density at radius 3 is 2.72 bits per heavy atom. The van der Waals surface area contributed by atoms with Crippen LogP contribution in [0.3, 0.4) is 0 Å². The molecule has 104 valence electrons. The minimum atomic E-state index is 0.272. The predicted octanol–water partition coefficient (Wildman–Crippen LogP) is 3.24. The molecule has 4 heteroatoms. The van der Waals surface area contributed by atoms with E-state index in [1.807, 2.05) is 0 Å². The third-order valence-corrected chi connectivity index (χ3v) is 2.47. The van der Waals surface area contributed by atoms with Gasteiger partial charge >= 0.3 is 6.08 Å². The Morgan fingerprint density at radius 1 is 1.39 bits per heavy atom. The quantitative estimate of drug-likeness (QED) is 0.811. The van der Waals surface area contributed by atoms with Gasteiger partial charge < -0.3 is 14.5 Å². The lowest BCUT2D eigenvalue weighted by Crippen LogP contribution is -2.19. The first-order chi connectivity index (χ1) is 8.37. The standard InChI is InChI=1S/C14H26N2O2/c1-11(2)8-15-9-12-10-18-13(16-12)17-7-6-14(3,4)5/h10-11,15H,6-9H2,1-5H3. The largest absolute Gasteiger partial charge is 0.450 e. The molecule has 0 aliphatic rings. The van der Waals surface area contributed by atoms with E-state index in [4.69, 9.17) is 9.15 Å². The number of nitrogens with zero attached hydrogens (tertiary/aromatic N) is 1. The second-order valence-corrected chi connectivity index (χ2v) is 6.29. The Morgan fingerprint density at radius 2 is 2.11 bits per heavy atom. The van der Waals surface area contributed by atoms with Gasteiger partial charge in [0, 0.05) is 6.54 Å². The predicted molar refractivity (Wildman–Crippen MR) is 72.6 cm³/mol. The maximum absolute atomic E-state index is 5.48. The molecule has 0 amide bonds. The Kier molecular flexibility index (Phi) is 5.66. The van der Waals surface area contributed by atoms with Crippen LogP contribution >= 0.6 is 0 Å². The Hall–Kier alpha value is -1.03. The molecular formula is C14H26N2O2. The van der Waals surface area contributed by atoms with Crippen LogP contribution in [0.5, 0.6) is 6.08 Å². The van der Waals surface area contributed by atoms with Crippen LogP contribution in [-0.2, 0) is 6.54 Å². The molecule has 1 heterocycles. The van der Waals surface area contributed by atoms with Gasteiger partial charge in [0.15, 0.2) is 0 Å². The lowest BCUT2D eigenvalue weighted by atomic mass is 9.93. The van der Waals surface area contributed by atoms with Crippen molar-refractivity contribution < 1.29 is 9.15 Å². The number of oxazole rings is 1. The highest BCUT2D eigenvalue weighted by Crippen LogP contribution is 2.19. The summed E-state index contributed by atoms with van der Waals surface area (Å²) in [5.41, 5.74) is 1.16. The van der Waals surface area contributed by atoms with Gasteiger partial charge in [-0.25, -0.2) is 0 Å². The van der Waals surface area contributed by atoms with E-state index in [0.29, 0.717) is 18.6 Å². The number of hydrogen-bond acceptors (Lipinski definition) is 4. The molecule has 0 radical (unpaired) electrons. The summed E-state index contributed by atoms with van der Waals surface area (Å²) in [7, 11) is 0. The Balaban J connectivity index is 2.26. The van der Waals surface area contributed by atoms with Crippen LogP contribution in [0.4, 0.5) is 0 Å². The SMILES string of the molecule is CC(C)CNCc1coc(OCCC(C)(C)C)n1. The summed E-state index contributed by atoms with van der Waals surface area (Å²) in [6.07, 6.45) is 3.01. The van der Waals surface area contributed by atoms with Crippen LogP contribution < -0.4 is 10.1 Å². The summed E-state index contributed by atoms with van der Waals surface area (Å²) in [6, 6.07) is 0. The van der Waals surface area contributed by atoms with Crippen molar-refractivity contribution in [2.75, 3.05) is 13.2 Å². The average molecular weight is 254 g/mol. The average Bonchev–Trinajstić information content (AvgIpc) is 2.63. The van der Waals surface area contributed by atoms with Crippen molar-refractivity contribution in [2.24, 2.45) is 11.3 Å². The van der Waals surface area contributed by atoms with E-state index in [0.717, 1.165) is 25.2 Å². The van der Waals surface area contributed by atoms with Crippen LogP contribution in [0.1, 0.15) is 46.7 Å². The van der Waals surface area contributed by atoms with Gasteiger partial charge in [0.1, 0.15) is 6.26 Å². The summed E-state index contributed by atoms with van der Waals surface area (Å²) < 4.78 is 10.7. The molecule has 1 N–H and O–H groups in total. The molecular weight excluding hydrogens is 228 g/mol. The summed E-state index contributed by atoms with van der Waals surface area (Å²) in [5.74, 6) is 0.638. The van der Waals surface area contributed by atoms with Crippen molar-refractivity contribution in [2.45, 2.75) is 47.6 Å². The van der Waals surface area contributed by atoms with Crippen molar-refractivity contribution >= 4 is 0 Å². The fourth-order valence-corrected chi connectivity index (χ4v) is 1.37. The lowest BCUT2D eigenvalue weighted by Gasteiger charge is -2.16. The highest BCUT2D eigenvalue weighted by atomic mass is 16.6. The molecule has 1 aromatic heterocycles. The number of hydrogen-bond donors (Lipinski definition) is 1. The minimum Gasteiger partial charge on any atom is -0.450 e. The Bertz CT molecular complexity index is 340. The van der Waals surface area contributed by atoms with E-state index in [1.165, 1.54) is 0 Å². The molecule has 0 spiro atoms. The molecule has 0 fully saturated rings. The van der Waals surface area contributed by atoms with Gasteiger partial charge in [0.25, 0.3) is 0 Å². The van der Waals surface area contributed by atoms with E-state index in [1.54, 1.807) is 6.26 Å². The molecule has 0 saturated carbocycles.